The first kappa shape index (κ1) is 22.9. The Hall–Kier alpha value is -1.13. The predicted octanol–water partition coefficient (Wildman–Crippen LogP) is 3.92. The van der Waals surface area contributed by atoms with Crippen LogP contribution in [0.15, 0.2) is 45.9 Å². The quantitative estimate of drug-likeness (QED) is 0.212. The molecule has 0 radical (unpaired) electrons. The number of aliphatic imine (C=N–C) groups is 1. The Morgan fingerprint density at radius 1 is 1.15 bits per heavy atom. The molecule has 3 N–H and O–H groups in total. The van der Waals surface area contributed by atoms with Crippen LogP contribution in [0.5, 0.6) is 0 Å². The highest BCUT2D eigenvalue weighted by Gasteiger charge is 2.05. The van der Waals surface area contributed by atoms with E-state index in [1.54, 1.807) is 24.5 Å². The van der Waals surface area contributed by atoms with Crippen LogP contribution in [-0.2, 0) is 6.54 Å². The number of benzene rings is 1. The number of nitrogens with zero attached hydrogens (tertiary/aromatic N) is 1. The van der Waals surface area contributed by atoms with Gasteiger partial charge in [0.1, 0.15) is 0 Å². The van der Waals surface area contributed by atoms with Crippen LogP contribution in [0.4, 0.5) is 0 Å². The van der Waals surface area contributed by atoms with Crippen molar-refractivity contribution in [1.29, 1.82) is 0 Å². The van der Waals surface area contributed by atoms with E-state index >= 15 is 0 Å². The average Bonchev–Trinajstić information content (AvgIpc) is 3.02. The predicted molar refractivity (Wildman–Crippen MR) is 124 cm³/mol. The molecule has 142 valence electrons. The van der Waals surface area contributed by atoms with Crippen LogP contribution in [-0.4, -0.2) is 32.0 Å². The number of halogens is 2. The summed E-state index contributed by atoms with van der Waals surface area (Å²) in [6.07, 6.45) is 0.818. The van der Waals surface area contributed by atoms with Crippen LogP contribution < -0.4 is 16.0 Å². The van der Waals surface area contributed by atoms with Gasteiger partial charge in [-0.15, -0.1) is 35.3 Å². The van der Waals surface area contributed by atoms with Crippen molar-refractivity contribution in [3.8, 4) is 0 Å². The number of amides is 1. The van der Waals surface area contributed by atoms with Gasteiger partial charge >= 0.3 is 0 Å². The molecule has 1 heterocycles. The molecule has 0 atom stereocenters. The second-order valence-corrected chi connectivity index (χ2v) is 7.77. The fourth-order valence-corrected chi connectivity index (χ4v) is 3.43. The summed E-state index contributed by atoms with van der Waals surface area (Å²) in [7, 11) is 1.75. The minimum atomic E-state index is -0.0585. The van der Waals surface area contributed by atoms with Crippen molar-refractivity contribution in [3.63, 3.8) is 0 Å². The molecule has 8 heteroatoms. The van der Waals surface area contributed by atoms with Crippen molar-refractivity contribution in [2.24, 2.45) is 4.99 Å². The van der Waals surface area contributed by atoms with Gasteiger partial charge in [-0.2, -0.15) is 0 Å². The van der Waals surface area contributed by atoms with E-state index in [1.807, 2.05) is 18.2 Å². The molecular formula is C18H24BrIN4OS. The minimum absolute atomic E-state index is 0. The lowest BCUT2D eigenvalue weighted by atomic mass is 10.2. The van der Waals surface area contributed by atoms with E-state index in [1.165, 1.54) is 9.75 Å². The number of guanidine groups is 1. The van der Waals surface area contributed by atoms with E-state index in [9.17, 15) is 4.79 Å². The van der Waals surface area contributed by atoms with Crippen molar-refractivity contribution in [2.75, 3.05) is 20.1 Å². The van der Waals surface area contributed by atoms with Gasteiger partial charge in [0.15, 0.2) is 5.96 Å². The van der Waals surface area contributed by atoms with E-state index in [-0.39, 0.29) is 29.9 Å². The van der Waals surface area contributed by atoms with Crippen molar-refractivity contribution in [3.05, 3.63) is 56.2 Å². The Balaban J connectivity index is 0.00000338. The van der Waals surface area contributed by atoms with Crippen molar-refractivity contribution in [2.45, 2.75) is 19.9 Å². The highest BCUT2D eigenvalue weighted by molar-refractivity contribution is 14.0. The Morgan fingerprint density at radius 2 is 1.92 bits per heavy atom. The first-order valence-electron chi connectivity index (χ1n) is 8.12. The monoisotopic (exact) mass is 550 g/mol. The van der Waals surface area contributed by atoms with Gasteiger partial charge in [0.2, 0.25) is 0 Å². The Morgan fingerprint density at radius 3 is 2.58 bits per heavy atom. The number of hydrogen-bond donors (Lipinski definition) is 3. The molecule has 1 aromatic carbocycles. The minimum Gasteiger partial charge on any atom is -0.356 e. The van der Waals surface area contributed by atoms with Gasteiger partial charge in [-0.25, -0.2) is 0 Å². The third kappa shape index (κ3) is 8.05. The maximum Gasteiger partial charge on any atom is 0.251 e. The van der Waals surface area contributed by atoms with E-state index in [0.29, 0.717) is 12.1 Å². The summed E-state index contributed by atoms with van der Waals surface area (Å²) in [4.78, 5) is 18.8. The summed E-state index contributed by atoms with van der Waals surface area (Å²) in [6, 6.07) is 11.6. The van der Waals surface area contributed by atoms with E-state index in [0.717, 1.165) is 29.9 Å². The van der Waals surface area contributed by atoms with Gasteiger partial charge < -0.3 is 16.0 Å². The Kier molecular flexibility index (Phi) is 10.8. The van der Waals surface area contributed by atoms with Crippen LogP contribution in [0.2, 0.25) is 0 Å². The second kappa shape index (κ2) is 12.3. The molecule has 0 spiro atoms. The normalized spacial score (nSPS) is 10.8. The third-order valence-electron chi connectivity index (χ3n) is 3.47. The van der Waals surface area contributed by atoms with Crippen LogP contribution in [0.1, 0.15) is 26.5 Å². The zero-order valence-electron chi connectivity index (χ0n) is 14.8. The first-order chi connectivity index (χ1) is 12.1. The number of carbonyl (C=O) groups is 1. The van der Waals surface area contributed by atoms with Crippen molar-refractivity contribution >= 4 is 63.1 Å². The number of carbonyl (C=O) groups excluding carboxylic acids is 1. The lowest BCUT2D eigenvalue weighted by Crippen LogP contribution is -2.38. The fraction of sp³-hybridized carbons (Fsp3) is 0.333. The Bertz CT molecular complexity index is 735. The van der Waals surface area contributed by atoms with Crippen LogP contribution in [0.25, 0.3) is 0 Å². The highest BCUT2D eigenvalue weighted by Crippen LogP contribution is 2.14. The summed E-state index contributed by atoms with van der Waals surface area (Å²) < 4.78 is 0.901. The summed E-state index contributed by atoms with van der Waals surface area (Å²) in [5.41, 5.74) is 0.658. The highest BCUT2D eigenvalue weighted by atomic mass is 127. The molecule has 2 aromatic rings. The molecule has 0 unspecified atom stereocenters. The molecule has 2 rings (SSSR count). The molecule has 1 aromatic heterocycles. The number of rotatable bonds is 7. The first-order valence-corrected chi connectivity index (χ1v) is 9.73. The topological polar surface area (TPSA) is 65.5 Å². The standard InChI is InChI=1S/C18H23BrN4OS.HI/c1-13-7-8-16(25-13)12-23-18(20-2)22-10-4-9-21-17(24)14-5-3-6-15(19)11-14;/h3,5-8,11H,4,9-10,12H2,1-2H3,(H,21,24)(H2,20,22,23);1H. The molecule has 0 aliphatic rings. The summed E-state index contributed by atoms with van der Waals surface area (Å²) in [6.45, 7) is 4.21. The molecule has 0 saturated heterocycles. The SMILES string of the molecule is CN=C(NCCCNC(=O)c1cccc(Br)c1)NCc1ccc(C)s1.I. The fourth-order valence-electron chi connectivity index (χ4n) is 2.20. The van der Waals surface area contributed by atoms with Crippen LogP contribution >= 0.6 is 51.2 Å². The zero-order valence-corrected chi connectivity index (χ0v) is 19.6. The lowest BCUT2D eigenvalue weighted by Gasteiger charge is -2.11. The van der Waals surface area contributed by atoms with Crippen molar-refractivity contribution < 1.29 is 4.79 Å². The number of thiophene rings is 1. The third-order valence-corrected chi connectivity index (χ3v) is 4.96. The zero-order chi connectivity index (χ0) is 18.1. The molecule has 0 fully saturated rings. The maximum atomic E-state index is 12.0. The number of aryl methyl sites for hydroxylation is 1. The Labute approximate surface area is 184 Å². The van der Waals surface area contributed by atoms with Gasteiger partial charge in [-0.05, 0) is 43.7 Å². The largest absolute Gasteiger partial charge is 0.356 e. The van der Waals surface area contributed by atoms with E-state index in [4.69, 9.17) is 0 Å². The molecule has 26 heavy (non-hydrogen) atoms. The molecule has 0 aliphatic carbocycles. The van der Waals surface area contributed by atoms with Crippen LogP contribution in [0.3, 0.4) is 0 Å². The summed E-state index contributed by atoms with van der Waals surface area (Å²) >= 11 is 5.15. The summed E-state index contributed by atoms with van der Waals surface area (Å²) in [5, 5.41) is 9.46. The van der Waals surface area contributed by atoms with Gasteiger partial charge in [-0.1, -0.05) is 22.0 Å². The van der Waals surface area contributed by atoms with Crippen molar-refractivity contribution in [1.82, 2.24) is 16.0 Å². The van der Waals surface area contributed by atoms with Gasteiger partial charge in [-0.3, -0.25) is 9.79 Å². The second-order valence-electron chi connectivity index (χ2n) is 5.48. The van der Waals surface area contributed by atoms with Crippen LogP contribution in [0, 0.1) is 6.92 Å². The average molecular weight is 551 g/mol. The van der Waals surface area contributed by atoms with Gasteiger partial charge in [0, 0.05) is 39.9 Å². The molecule has 0 bridgehead atoms. The number of hydrogen-bond acceptors (Lipinski definition) is 3. The molecule has 0 saturated carbocycles. The van der Waals surface area contributed by atoms with Gasteiger partial charge in [0.05, 0.1) is 6.54 Å². The smallest absolute Gasteiger partial charge is 0.251 e. The molecular weight excluding hydrogens is 527 g/mol. The van der Waals surface area contributed by atoms with E-state index < -0.39 is 0 Å². The maximum absolute atomic E-state index is 12.0. The van der Waals surface area contributed by atoms with Gasteiger partial charge in [0.25, 0.3) is 5.91 Å². The lowest BCUT2D eigenvalue weighted by molar-refractivity contribution is 0.0953. The summed E-state index contributed by atoms with van der Waals surface area (Å²) in [5.74, 6) is 0.709. The number of nitrogens with one attached hydrogen (secondary N) is 3. The van der Waals surface area contributed by atoms with E-state index in [2.05, 4.69) is 55.9 Å². The molecule has 5 nitrogen and oxygen atoms in total. The molecule has 1 amide bonds. The molecule has 0 aliphatic heterocycles.